The molecule has 0 aromatic heterocycles. The average molecular weight is 288 g/mol. The second-order valence-electron chi connectivity index (χ2n) is 3.86. The molecule has 0 aliphatic carbocycles. The maximum atomic E-state index is 12.1. The quantitative estimate of drug-likeness (QED) is 0.550. The summed E-state index contributed by atoms with van der Waals surface area (Å²) in [6.45, 7) is 3.34. The van der Waals surface area contributed by atoms with Crippen molar-refractivity contribution in [1.82, 2.24) is 4.72 Å². The zero-order valence-corrected chi connectivity index (χ0v) is 12.0. The highest BCUT2D eigenvalue weighted by molar-refractivity contribution is 7.89. The van der Waals surface area contributed by atoms with Crippen molar-refractivity contribution in [3.63, 3.8) is 0 Å². The third-order valence-electron chi connectivity index (χ3n) is 2.44. The van der Waals surface area contributed by atoms with Gasteiger partial charge in [-0.3, -0.25) is 0 Å². The highest BCUT2D eigenvalue weighted by atomic mass is 32.2. The van der Waals surface area contributed by atoms with Gasteiger partial charge in [0.1, 0.15) is 10.6 Å². The minimum Gasteiger partial charge on any atom is -0.495 e. The van der Waals surface area contributed by atoms with Crippen LogP contribution >= 0.6 is 0 Å². The summed E-state index contributed by atoms with van der Waals surface area (Å²) in [4.78, 5) is 0.0476. The summed E-state index contributed by atoms with van der Waals surface area (Å²) in [6.07, 6.45) is 0.609. The molecule has 1 rings (SSSR count). The number of rotatable bonds is 8. The van der Waals surface area contributed by atoms with Crippen LogP contribution in [0.1, 0.15) is 13.3 Å². The van der Waals surface area contributed by atoms with E-state index in [9.17, 15) is 8.42 Å². The Morgan fingerprint density at radius 1 is 1.37 bits per heavy atom. The topological polar surface area (TPSA) is 90.7 Å². The largest absolute Gasteiger partial charge is 0.495 e. The lowest BCUT2D eigenvalue weighted by molar-refractivity contribution is 0.146. The minimum absolute atomic E-state index is 0.0476. The first kappa shape index (κ1) is 15.7. The number of hydrogen-bond acceptors (Lipinski definition) is 5. The molecule has 0 aliphatic rings. The van der Waals surface area contributed by atoms with E-state index in [1.165, 1.54) is 19.2 Å². The van der Waals surface area contributed by atoms with Gasteiger partial charge in [0.25, 0.3) is 0 Å². The zero-order valence-electron chi connectivity index (χ0n) is 11.2. The number of benzene rings is 1. The monoisotopic (exact) mass is 288 g/mol. The second kappa shape index (κ2) is 7.32. The van der Waals surface area contributed by atoms with Crippen molar-refractivity contribution in [1.29, 1.82) is 0 Å². The predicted molar refractivity (Wildman–Crippen MR) is 73.7 cm³/mol. The van der Waals surface area contributed by atoms with Crippen molar-refractivity contribution in [2.24, 2.45) is 0 Å². The molecule has 6 nitrogen and oxygen atoms in total. The standard InChI is InChI=1S/C12H20N2O4S/c1-3-18-8-4-7-14-19(15,16)12-9-10(13)5-6-11(12)17-2/h5-6,9,14H,3-4,7-8,13H2,1-2H3. The first-order valence-corrected chi connectivity index (χ1v) is 7.50. The van der Waals surface area contributed by atoms with Crippen LogP contribution in [-0.4, -0.2) is 35.3 Å². The molecule has 0 heterocycles. The maximum absolute atomic E-state index is 12.1. The Morgan fingerprint density at radius 3 is 2.74 bits per heavy atom. The van der Waals surface area contributed by atoms with E-state index in [1.54, 1.807) is 6.07 Å². The number of nitrogen functional groups attached to an aromatic ring is 1. The van der Waals surface area contributed by atoms with E-state index < -0.39 is 10.0 Å². The Bertz CT molecular complexity index is 502. The molecule has 3 N–H and O–H groups in total. The minimum atomic E-state index is -3.62. The summed E-state index contributed by atoms with van der Waals surface area (Å²) in [5, 5.41) is 0. The van der Waals surface area contributed by atoms with Crippen molar-refractivity contribution >= 4 is 15.7 Å². The van der Waals surface area contributed by atoms with Crippen LogP contribution in [0.2, 0.25) is 0 Å². The molecule has 0 unspecified atom stereocenters. The van der Waals surface area contributed by atoms with Crippen LogP contribution in [0.5, 0.6) is 5.75 Å². The van der Waals surface area contributed by atoms with Crippen molar-refractivity contribution in [2.75, 3.05) is 32.6 Å². The molecule has 108 valence electrons. The number of methoxy groups -OCH3 is 1. The van der Waals surface area contributed by atoms with Crippen LogP contribution in [0, 0.1) is 0 Å². The molecule has 0 atom stereocenters. The van der Waals surface area contributed by atoms with Gasteiger partial charge in [0.15, 0.2) is 0 Å². The van der Waals surface area contributed by atoms with Crippen molar-refractivity contribution in [2.45, 2.75) is 18.2 Å². The van der Waals surface area contributed by atoms with Crippen molar-refractivity contribution in [3.05, 3.63) is 18.2 Å². The third kappa shape index (κ3) is 4.70. The van der Waals surface area contributed by atoms with Gasteiger partial charge in [-0.15, -0.1) is 0 Å². The van der Waals surface area contributed by atoms with E-state index in [4.69, 9.17) is 15.2 Å². The van der Waals surface area contributed by atoms with Crippen LogP contribution < -0.4 is 15.2 Å². The zero-order chi connectivity index (χ0) is 14.3. The van der Waals surface area contributed by atoms with Crippen molar-refractivity contribution < 1.29 is 17.9 Å². The Hall–Kier alpha value is -1.31. The van der Waals surface area contributed by atoms with Gasteiger partial charge >= 0.3 is 0 Å². The molecular formula is C12H20N2O4S. The van der Waals surface area contributed by atoms with Gasteiger partial charge in [0.2, 0.25) is 10.0 Å². The number of nitrogens with one attached hydrogen (secondary N) is 1. The van der Waals surface area contributed by atoms with E-state index >= 15 is 0 Å². The van der Waals surface area contributed by atoms with E-state index in [1.807, 2.05) is 6.92 Å². The van der Waals surface area contributed by atoms with Crippen LogP contribution in [0.3, 0.4) is 0 Å². The van der Waals surface area contributed by atoms with Crippen LogP contribution in [0.15, 0.2) is 23.1 Å². The molecule has 0 bridgehead atoms. The molecule has 1 aromatic carbocycles. The van der Waals surface area contributed by atoms with Gasteiger partial charge in [-0.05, 0) is 31.5 Å². The lowest BCUT2D eigenvalue weighted by Gasteiger charge is -2.11. The van der Waals surface area contributed by atoms with Gasteiger partial charge in [0.05, 0.1) is 7.11 Å². The summed E-state index contributed by atoms with van der Waals surface area (Å²) < 4.78 is 36.9. The Kier molecular flexibility index (Phi) is 6.07. The normalized spacial score (nSPS) is 11.5. The molecule has 0 amide bonds. The molecule has 19 heavy (non-hydrogen) atoms. The smallest absolute Gasteiger partial charge is 0.244 e. The molecular weight excluding hydrogens is 268 g/mol. The van der Waals surface area contributed by atoms with Gasteiger partial charge in [-0.2, -0.15) is 0 Å². The van der Waals surface area contributed by atoms with E-state index in [0.717, 1.165) is 0 Å². The molecule has 7 heteroatoms. The lowest BCUT2D eigenvalue weighted by atomic mass is 10.3. The Balaban J connectivity index is 2.74. The number of sulfonamides is 1. The number of nitrogens with two attached hydrogens (primary N) is 1. The highest BCUT2D eigenvalue weighted by Gasteiger charge is 2.19. The van der Waals surface area contributed by atoms with E-state index in [2.05, 4.69) is 4.72 Å². The molecule has 0 aliphatic heterocycles. The highest BCUT2D eigenvalue weighted by Crippen LogP contribution is 2.25. The third-order valence-corrected chi connectivity index (χ3v) is 3.92. The van der Waals surface area contributed by atoms with E-state index in [-0.39, 0.29) is 10.6 Å². The summed E-state index contributed by atoms with van der Waals surface area (Å²) in [5.41, 5.74) is 5.98. The maximum Gasteiger partial charge on any atom is 0.244 e. The first-order valence-electron chi connectivity index (χ1n) is 6.02. The molecule has 1 aromatic rings. The Labute approximate surface area is 113 Å². The van der Waals surface area contributed by atoms with Crippen LogP contribution in [-0.2, 0) is 14.8 Å². The molecule has 0 saturated heterocycles. The summed E-state index contributed by atoms with van der Waals surface area (Å²) >= 11 is 0. The molecule has 0 saturated carbocycles. The fraction of sp³-hybridized carbons (Fsp3) is 0.500. The molecule has 0 fully saturated rings. The van der Waals surface area contributed by atoms with Crippen LogP contribution in [0.25, 0.3) is 0 Å². The van der Waals surface area contributed by atoms with E-state index in [0.29, 0.717) is 31.9 Å². The average Bonchev–Trinajstić information content (AvgIpc) is 2.38. The summed E-state index contributed by atoms with van der Waals surface area (Å²) in [5.74, 6) is 0.270. The van der Waals surface area contributed by atoms with Crippen LogP contribution in [0.4, 0.5) is 5.69 Å². The first-order chi connectivity index (χ1) is 9.01. The van der Waals surface area contributed by atoms with Gasteiger partial charge < -0.3 is 15.2 Å². The number of ether oxygens (including phenoxy) is 2. The fourth-order valence-corrected chi connectivity index (χ4v) is 2.78. The van der Waals surface area contributed by atoms with Gasteiger partial charge in [0, 0.05) is 25.4 Å². The predicted octanol–water partition coefficient (Wildman–Crippen LogP) is 0.982. The Morgan fingerprint density at radius 2 is 2.11 bits per heavy atom. The van der Waals surface area contributed by atoms with Gasteiger partial charge in [-0.1, -0.05) is 0 Å². The second-order valence-corrected chi connectivity index (χ2v) is 5.59. The number of hydrogen-bond donors (Lipinski definition) is 2. The number of anilines is 1. The molecule has 0 spiro atoms. The summed E-state index contributed by atoms with van der Waals surface area (Å²) in [6, 6.07) is 4.50. The van der Waals surface area contributed by atoms with Gasteiger partial charge in [-0.25, -0.2) is 13.1 Å². The SMILES string of the molecule is CCOCCCNS(=O)(=O)c1cc(N)ccc1OC. The summed E-state index contributed by atoms with van der Waals surface area (Å²) in [7, 11) is -2.21. The lowest BCUT2D eigenvalue weighted by Crippen LogP contribution is -2.26. The van der Waals surface area contributed by atoms with Crippen molar-refractivity contribution in [3.8, 4) is 5.75 Å². The molecule has 0 radical (unpaired) electrons. The fourth-order valence-electron chi connectivity index (χ4n) is 1.51.